The summed E-state index contributed by atoms with van der Waals surface area (Å²) in [4.78, 5) is 13.1. The Hall–Kier alpha value is -2.25. The number of carbonyl (C=O) groups excluding carboxylic acids is 1. The van der Waals surface area contributed by atoms with Gasteiger partial charge in [-0.25, -0.2) is 17.5 Å². The lowest BCUT2D eigenvalue weighted by atomic mass is 9.63. The summed E-state index contributed by atoms with van der Waals surface area (Å²) in [5, 5.41) is 2.83. The van der Waals surface area contributed by atoms with Gasteiger partial charge in [0.05, 0.1) is 10.3 Å². The van der Waals surface area contributed by atoms with Crippen molar-refractivity contribution in [1.82, 2.24) is 4.72 Å². The number of hydrogen-bond acceptors (Lipinski definition) is 3. The second-order valence-corrected chi connectivity index (χ2v) is 9.04. The van der Waals surface area contributed by atoms with Crippen molar-refractivity contribution < 1.29 is 17.6 Å². The van der Waals surface area contributed by atoms with Crippen LogP contribution in [0.3, 0.4) is 0 Å². The second kappa shape index (κ2) is 6.73. The van der Waals surface area contributed by atoms with E-state index in [1.165, 1.54) is 24.3 Å². The number of sulfonamides is 1. The molecular formula is C20H21FN2O3S. The lowest BCUT2D eigenvalue weighted by Crippen LogP contribution is -2.46. The molecule has 0 atom stereocenters. The van der Waals surface area contributed by atoms with Crippen LogP contribution in [0, 0.1) is 5.82 Å². The Bertz CT molecular complexity index is 982. The molecule has 0 aromatic heterocycles. The maximum atomic E-state index is 13.6. The first-order chi connectivity index (χ1) is 12.9. The molecule has 0 radical (unpaired) electrons. The smallest absolute Gasteiger partial charge is 0.240 e. The van der Waals surface area contributed by atoms with E-state index in [9.17, 15) is 17.6 Å². The van der Waals surface area contributed by atoms with E-state index < -0.39 is 15.4 Å². The van der Waals surface area contributed by atoms with Gasteiger partial charge < -0.3 is 5.32 Å². The minimum atomic E-state index is -3.59. The van der Waals surface area contributed by atoms with Gasteiger partial charge in [-0.05, 0) is 61.6 Å². The third-order valence-electron chi connectivity index (χ3n) is 5.32. The van der Waals surface area contributed by atoms with E-state index in [-0.39, 0.29) is 22.7 Å². The van der Waals surface area contributed by atoms with Crippen molar-refractivity contribution in [3.63, 3.8) is 0 Å². The second-order valence-electron chi connectivity index (χ2n) is 7.32. The fourth-order valence-corrected chi connectivity index (χ4v) is 4.79. The Morgan fingerprint density at radius 2 is 1.81 bits per heavy atom. The zero-order valence-electron chi connectivity index (χ0n) is 14.7. The molecule has 0 spiro atoms. The highest BCUT2D eigenvalue weighted by Gasteiger charge is 2.45. The Labute approximate surface area is 158 Å². The first kappa shape index (κ1) is 18.1. The van der Waals surface area contributed by atoms with E-state index in [0.717, 1.165) is 19.3 Å². The van der Waals surface area contributed by atoms with Crippen LogP contribution >= 0.6 is 0 Å². The molecule has 2 fully saturated rings. The van der Waals surface area contributed by atoms with Crippen LogP contribution < -0.4 is 10.0 Å². The molecule has 0 bridgehead atoms. The largest absolute Gasteiger partial charge is 0.325 e. The lowest BCUT2D eigenvalue weighted by Gasteiger charge is -2.40. The van der Waals surface area contributed by atoms with E-state index in [4.69, 9.17) is 0 Å². The van der Waals surface area contributed by atoms with Crippen molar-refractivity contribution in [3.8, 4) is 0 Å². The molecule has 2 saturated carbocycles. The van der Waals surface area contributed by atoms with E-state index in [1.807, 2.05) is 0 Å². The lowest BCUT2D eigenvalue weighted by molar-refractivity contribution is -0.124. The maximum absolute atomic E-state index is 13.6. The molecule has 0 aliphatic heterocycles. The predicted octanol–water partition coefficient (Wildman–Crippen LogP) is 3.33. The maximum Gasteiger partial charge on any atom is 0.240 e. The zero-order valence-corrected chi connectivity index (χ0v) is 15.6. The molecule has 2 aliphatic carbocycles. The van der Waals surface area contributed by atoms with Gasteiger partial charge in [-0.15, -0.1) is 0 Å². The Balaban J connectivity index is 1.56. The number of anilines is 1. The monoisotopic (exact) mass is 388 g/mol. The van der Waals surface area contributed by atoms with Crippen molar-refractivity contribution in [2.24, 2.45) is 0 Å². The molecule has 5 nitrogen and oxygen atoms in total. The highest BCUT2D eigenvalue weighted by atomic mass is 32.2. The van der Waals surface area contributed by atoms with Gasteiger partial charge in [0.25, 0.3) is 0 Å². The number of benzene rings is 2. The predicted molar refractivity (Wildman–Crippen MR) is 100 cm³/mol. The summed E-state index contributed by atoms with van der Waals surface area (Å²) in [7, 11) is -3.59. The van der Waals surface area contributed by atoms with Crippen LogP contribution in [0.2, 0.25) is 0 Å². The molecule has 2 aliphatic rings. The summed E-state index contributed by atoms with van der Waals surface area (Å²) in [6.45, 7) is 0. The van der Waals surface area contributed by atoms with E-state index in [2.05, 4.69) is 10.0 Å². The third-order valence-corrected chi connectivity index (χ3v) is 6.84. The fraction of sp³-hybridized carbons (Fsp3) is 0.350. The van der Waals surface area contributed by atoms with Crippen molar-refractivity contribution in [1.29, 1.82) is 0 Å². The summed E-state index contributed by atoms with van der Waals surface area (Å²) >= 11 is 0. The molecule has 7 heteroatoms. The summed E-state index contributed by atoms with van der Waals surface area (Å²) < 4.78 is 41.0. The van der Waals surface area contributed by atoms with Crippen LogP contribution in [0.25, 0.3) is 0 Å². The van der Waals surface area contributed by atoms with Crippen molar-refractivity contribution in [2.75, 3.05) is 5.32 Å². The number of rotatable bonds is 6. The van der Waals surface area contributed by atoms with Crippen LogP contribution in [0.5, 0.6) is 0 Å². The fourth-order valence-electron chi connectivity index (χ4n) is 3.44. The van der Waals surface area contributed by atoms with Crippen molar-refractivity contribution >= 4 is 21.6 Å². The van der Waals surface area contributed by atoms with Gasteiger partial charge in [0.1, 0.15) is 5.82 Å². The van der Waals surface area contributed by atoms with Gasteiger partial charge in [0.2, 0.25) is 15.9 Å². The molecule has 2 aromatic rings. The summed E-state index contributed by atoms with van der Waals surface area (Å²) in [5.74, 6) is -0.602. The number of carbonyl (C=O) groups is 1. The molecule has 1 amide bonds. The van der Waals surface area contributed by atoms with Crippen molar-refractivity contribution in [3.05, 3.63) is 59.9 Å². The number of hydrogen-bond donors (Lipinski definition) is 2. The number of amides is 1. The van der Waals surface area contributed by atoms with Crippen LogP contribution in [0.1, 0.15) is 37.7 Å². The number of halogens is 1. The molecule has 0 unspecified atom stereocenters. The molecule has 0 heterocycles. The quantitative estimate of drug-likeness (QED) is 0.797. The molecular weight excluding hydrogens is 367 g/mol. The molecule has 142 valence electrons. The molecule has 27 heavy (non-hydrogen) atoms. The molecule has 0 saturated heterocycles. The normalized spacial score (nSPS) is 18.6. The summed E-state index contributed by atoms with van der Waals surface area (Å²) in [6.07, 6.45) is 3.88. The van der Waals surface area contributed by atoms with Crippen molar-refractivity contribution in [2.45, 2.75) is 48.5 Å². The highest BCUT2D eigenvalue weighted by molar-refractivity contribution is 7.89. The van der Waals surface area contributed by atoms with E-state index in [1.54, 1.807) is 24.3 Å². The molecule has 2 N–H and O–H groups in total. The van der Waals surface area contributed by atoms with Gasteiger partial charge in [0.15, 0.2) is 0 Å². The van der Waals surface area contributed by atoms with E-state index >= 15 is 0 Å². The Kier molecular flexibility index (Phi) is 4.52. The highest BCUT2D eigenvalue weighted by Crippen LogP contribution is 2.44. The topological polar surface area (TPSA) is 75.3 Å². The van der Waals surface area contributed by atoms with Gasteiger partial charge in [-0.3, -0.25) is 4.79 Å². The van der Waals surface area contributed by atoms with Crippen LogP contribution in [0.4, 0.5) is 10.1 Å². The van der Waals surface area contributed by atoms with Gasteiger partial charge in [0, 0.05) is 11.7 Å². The van der Waals surface area contributed by atoms with Gasteiger partial charge in [-0.2, -0.15) is 0 Å². The Morgan fingerprint density at radius 3 is 2.44 bits per heavy atom. The van der Waals surface area contributed by atoms with E-state index in [0.29, 0.717) is 24.1 Å². The van der Waals surface area contributed by atoms with Crippen LogP contribution in [-0.4, -0.2) is 20.4 Å². The standard InChI is InChI=1S/C20H21FN2O3S/c21-15-5-1-4-14(12-15)20(10-3-11-20)19(24)22-17-6-2-7-18(13-17)27(25,26)23-16-8-9-16/h1-2,4-7,12-13,16,23H,3,8-11H2,(H,22,24). The van der Waals surface area contributed by atoms with Gasteiger partial charge >= 0.3 is 0 Å². The first-order valence-corrected chi connectivity index (χ1v) is 10.6. The molecule has 4 rings (SSSR count). The Morgan fingerprint density at radius 1 is 1.07 bits per heavy atom. The third kappa shape index (κ3) is 3.61. The SMILES string of the molecule is O=C(Nc1cccc(S(=O)(=O)NC2CC2)c1)C1(c2cccc(F)c2)CCC1. The number of nitrogens with one attached hydrogen (secondary N) is 2. The van der Waals surface area contributed by atoms with Gasteiger partial charge in [-0.1, -0.05) is 24.6 Å². The average molecular weight is 388 g/mol. The zero-order chi connectivity index (χ0) is 19.1. The minimum absolute atomic E-state index is 0.0134. The summed E-state index contributed by atoms with van der Waals surface area (Å²) in [6, 6.07) is 12.4. The first-order valence-electron chi connectivity index (χ1n) is 9.09. The molecule has 2 aromatic carbocycles. The summed E-state index contributed by atoms with van der Waals surface area (Å²) in [5.41, 5.74) is 0.315. The van der Waals surface area contributed by atoms with Crippen LogP contribution in [0.15, 0.2) is 53.4 Å². The minimum Gasteiger partial charge on any atom is -0.325 e. The van der Waals surface area contributed by atoms with Crippen LogP contribution in [-0.2, 0) is 20.2 Å². The average Bonchev–Trinajstić information content (AvgIpc) is 3.37.